The highest BCUT2D eigenvalue weighted by Crippen LogP contribution is 2.18. The topological polar surface area (TPSA) is 20.3 Å². The summed E-state index contributed by atoms with van der Waals surface area (Å²) in [6, 6.07) is 0. The maximum absolute atomic E-state index is 11.6. The Morgan fingerprint density at radius 3 is 2.54 bits per heavy atom. The number of hydrogen-bond acceptors (Lipinski definition) is 1. The van der Waals surface area contributed by atoms with Crippen LogP contribution in [0.2, 0.25) is 0 Å². The van der Waals surface area contributed by atoms with E-state index in [-0.39, 0.29) is 11.3 Å². The van der Waals surface area contributed by atoms with Crippen molar-refractivity contribution in [1.29, 1.82) is 0 Å². The molecule has 1 saturated heterocycles. The van der Waals surface area contributed by atoms with Gasteiger partial charge in [-0.15, -0.1) is 11.6 Å². The monoisotopic (exact) mass is 203 g/mol. The molecule has 1 fully saturated rings. The molecule has 1 aliphatic heterocycles. The van der Waals surface area contributed by atoms with Crippen LogP contribution in [0, 0.1) is 5.92 Å². The van der Waals surface area contributed by atoms with E-state index in [0.717, 1.165) is 38.3 Å². The minimum absolute atomic E-state index is 0.121. The standard InChI is InChI=1S/C10H18ClNO/c1-3-9(11)10(13)12-6-4-8(2)5-7-12/h8-9H,3-7H2,1-2H3/t9-/m1/s1. The van der Waals surface area contributed by atoms with E-state index in [1.165, 1.54) is 0 Å². The lowest BCUT2D eigenvalue weighted by Crippen LogP contribution is -2.41. The highest BCUT2D eigenvalue weighted by Gasteiger charge is 2.24. The van der Waals surface area contributed by atoms with Crippen molar-refractivity contribution in [3.8, 4) is 0 Å². The van der Waals surface area contributed by atoms with Crippen molar-refractivity contribution in [2.75, 3.05) is 13.1 Å². The molecule has 1 heterocycles. The first-order chi connectivity index (χ1) is 6.15. The summed E-state index contributed by atoms with van der Waals surface area (Å²) < 4.78 is 0. The van der Waals surface area contributed by atoms with Crippen LogP contribution in [0.3, 0.4) is 0 Å². The Balaban J connectivity index is 2.40. The smallest absolute Gasteiger partial charge is 0.240 e. The highest BCUT2D eigenvalue weighted by atomic mass is 35.5. The van der Waals surface area contributed by atoms with E-state index in [4.69, 9.17) is 11.6 Å². The van der Waals surface area contributed by atoms with Crippen molar-refractivity contribution < 1.29 is 4.79 Å². The first-order valence-corrected chi connectivity index (χ1v) is 5.51. The minimum atomic E-state index is -0.312. The lowest BCUT2D eigenvalue weighted by atomic mass is 9.99. The number of hydrogen-bond donors (Lipinski definition) is 0. The second-order valence-electron chi connectivity index (χ2n) is 3.88. The molecule has 0 unspecified atom stereocenters. The molecule has 0 aromatic carbocycles. The summed E-state index contributed by atoms with van der Waals surface area (Å²) in [6.07, 6.45) is 2.98. The zero-order valence-electron chi connectivity index (χ0n) is 8.42. The second-order valence-corrected chi connectivity index (χ2v) is 4.41. The first-order valence-electron chi connectivity index (χ1n) is 5.08. The van der Waals surface area contributed by atoms with Gasteiger partial charge in [-0.2, -0.15) is 0 Å². The molecule has 0 saturated carbocycles. The third-order valence-corrected chi connectivity index (χ3v) is 3.22. The number of amides is 1. The molecule has 0 aliphatic carbocycles. The molecule has 0 radical (unpaired) electrons. The van der Waals surface area contributed by atoms with Gasteiger partial charge in [0.1, 0.15) is 5.38 Å². The molecule has 3 heteroatoms. The van der Waals surface area contributed by atoms with Crippen LogP contribution in [-0.4, -0.2) is 29.3 Å². The third-order valence-electron chi connectivity index (χ3n) is 2.72. The van der Waals surface area contributed by atoms with Gasteiger partial charge in [-0.05, 0) is 25.2 Å². The van der Waals surface area contributed by atoms with Gasteiger partial charge in [0.05, 0.1) is 0 Å². The van der Waals surface area contributed by atoms with Crippen LogP contribution in [0.4, 0.5) is 0 Å². The van der Waals surface area contributed by atoms with Crippen LogP contribution in [0.25, 0.3) is 0 Å². The Morgan fingerprint density at radius 2 is 2.08 bits per heavy atom. The number of nitrogens with zero attached hydrogens (tertiary/aromatic N) is 1. The predicted molar refractivity (Wildman–Crippen MR) is 54.9 cm³/mol. The summed E-state index contributed by atoms with van der Waals surface area (Å²) in [5, 5.41) is -0.312. The average molecular weight is 204 g/mol. The van der Waals surface area contributed by atoms with Gasteiger partial charge >= 0.3 is 0 Å². The molecule has 0 bridgehead atoms. The van der Waals surface area contributed by atoms with Gasteiger partial charge in [-0.1, -0.05) is 13.8 Å². The Kier molecular flexibility index (Phi) is 4.04. The van der Waals surface area contributed by atoms with Crippen LogP contribution >= 0.6 is 11.6 Å². The third kappa shape index (κ3) is 2.87. The normalized spacial score (nSPS) is 21.6. The molecule has 1 aliphatic rings. The maximum atomic E-state index is 11.6. The number of likely N-dealkylation sites (tertiary alicyclic amines) is 1. The average Bonchev–Trinajstić information content (AvgIpc) is 2.17. The zero-order chi connectivity index (χ0) is 9.84. The van der Waals surface area contributed by atoms with Gasteiger partial charge in [0.2, 0.25) is 5.91 Å². The summed E-state index contributed by atoms with van der Waals surface area (Å²) in [5.74, 6) is 0.885. The van der Waals surface area contributed by atoms with E-state index in [1.54, 1.807) is 0 Å². The van der Waals surface area contributed by atoms with Crippen LogP contribution in [0.1, 0.15) is 33.1 Å². The number of rotatable bonds is 2. The fraction of sp³-hybridized carbons (Fsp3) is 0.900. The van der Waals surface area contributed by atoms with Crippen molar-refractivity contribution in [3.05, 3.63) is 0 Å². The van der Waals surface area contributed by atoms with Crippen molar-refractivity contribution in [1.82, 2.24) is 4.90 Å². The maximum Gasteiger partial charge on any atom is 0.240 e. The number of alkyl halides is 1. The Bertz CT molecular complexity index is 176. The van der Waals surface area contributed by atoms with Gasteiger partial charge in [-0.25, -0.2) is 0 Å². The molecular weight excluding hydrogens is 186 g/mol. The van der Waals surface area contributed by atoms with E-state index in [0.29, 0.717) is 0 Å². The van der Waals surface area contributed by atoms with Gasteiger partial charge in [0.15, 0.2) is 0 Å². The van der Waals surface area contributed by atoms with Crippen LogP contribution < -0.4 is 0 Å². The molecule has 1 amide bonds. The zero-order valence-corrected chi connectivity index (χ0v) is 9.18. The second kappa shape index (κ2) is 4.85. The largest absolute Gasteiger partial charge is 0.341 e. The number of piperidine rings is 1. The van der Waals surface area contributed by atoms with Gasteiger partial charge in [-0.3, -0.25) is 4.79 Å². The van der Waals surface area contributed by atoms with Gasteiger partial charge < -0.3 is 4.90 Å². The lowest BCUT2D eigenvalue weighted by molar-refractivity contribution is -0.132. The Morgan fingerprint density at radius 1 is 1.54 bits per heavy atom. The van der Waals surface area contributed by atoms with E-state index in [9.17, 15) is 4.79 Å². The summed E-state index contributed by atoms with van der Waals surface area (Å²) in [6.45, 7) is 5.97. The molecule has 1 atom stereocenters. The molecule has 76 valence electrons. The van der Waals surface area contributed by atoms with E-state index in [2.05, 4.69) is 6.92 Å². The van der Waals surface area contributed by atoms with E-state index >= 15 is 0 Å². The van der Waals surface area contributed by atoms with Crippen LogP contribution in [0.5, 0.6) is 0 Å². The van der Waals surface area contributed by atoms with E-state index < -0.39 is 0 Å². The Labute approximate surface area is 85.2 Å². The summed E-state index contributed by atoms with van der Waals surface area (Å²) in [5.41, 5.74) is 0. The quantitative estimate of drug-likeness (QED) is 0.631. The van der Waals surface area contributed by atoms with Crippen LogP contribution in [0.15, 0.2) is 0 Å². The molecule has 13 heavy (non-hydrogen) atoms. The van der Waals surface area contributed by atoms with Crippen LogP contribution in [-0.2, 0) is 4.79 Å². The predicted octanol–water partition coefficient (Wildman–Crippen LogP) is 2.26. The SMILES string of the molecule is CC[C@@H](Cl)C(=O)N1CCC(C)CC1. The van der Waals surface area contributed by atoms with Gasteiger partial charge in [0.25, 0.3) is 0 Å². The van der Waals surface area contributed by atoms with E-state index in [1.807, 2.05) is 11.8 Å². The fourth-order valence-corrected chi connectivity index (χ4v) is 1.74. The first kappa shape index (κ1) is 10.8. The van der Waals surface area contributed by atoms with Gasteiger partial charge in [0, 0.05) is 13.1 Å². The van der Waals surface area contributed by atoms with Crippen molar-refractivity contribution >= 4 is 17.5 Å². The molecule has 0 aromatic heterocycles. The number of carbonyl (C=O) groups excluding carboxylic acids is 1. The van der Waals surface area contributed by atoms with Crippen molar-refractivity contribution in [2.24, 2.45) is 5.92 Å². The summed E-state index contributed by atoms with van der Waals surface area (Å²) in [7, 11) is 0. The molecular formula is C10H18ClNO. The highest BCUT2D eigenvalue weighted by molar-refractivity contribution is 6.30. The summed E-state index contributed by atoms with van der Waals surface area (Å²) >= 11 is 5.89. The summed E-state index contributed by atoms with van der Waals surface area (Å²) in [4.78, 5) is 13.5. The molecule has 0 spiro atoms. The van der Waals surface area contributed by atoms with Crippen molar-refractivity contribution in [3.63, 3.8) is 0 Å². The Hall–Kier alpha value is -0.240. The lowest BCUT2D eigenvalue weighted by Gasteiger charge is -2.31. The number of carbonyl (C=O) groups is 1. The number of halogens is 1. The molecule has 1 rings (SSSR count). The molecule has 0 aromatic rings. The fourth-order valence-electron chi connectivity index (χ4n) is 1.60. The van der Waals surface area contributed by atoms with Crippen molar-refractivity contribution in [2.45, 2.75) is 38.5 Å². The molecule has 2 nitrogen and oxygen atoms in total. The minimum Gasteiger partial charge on any atom is -0.341 e. The molecule has 0 N–H and O–H groups in total.